The van der Waals surface area contributed by atoms with E-state index >= 15 is 0 Å². The van der Waals surface area contributed by atoms with Gasteiger partial charge < -0.3 is 9.47 Å². The highest BCUT2D eigenvalue weighted by Gasteiger charge is 2.34. The van der Waals surface area contributed by atoms with Crippen LogP contribution in [0.15, 0.2) is 76.1 Å². The van der Waals surface area contributed by atoms with Crippen LogP contribution in [-0.4, -0.2) is 29.2 Å². The van der Waals surface area contributed by atoms with E-state index in [1.165, 1.54) is 4.90 Å². The molecule has 35 heavy (non-hydrogen) atoms. The molecule has 0 aromatic heterocycles. The van der Waals surface area contributed by atoms with Crippen LogP contribution in [0.4, 0.5) is 4.79 Å². The number of ether oxygens (including phenoxy) is 2. The van der Waals surface area contributed by atoms with Gasteiger partial charge in [-0.3, -0.25) is 14.5 Å². The third-order valence-electron chi connectivity index (χ3n) is 5.30. The van der Waals surface area contributed by atoms with E-state index in [0.29, 0.717) is 45.5 Å². The number of carbonyl (C=O) groups excluding carboxylic acids is 2. The zero-order valence-electron chi connectivity index (χ0n) is 19.0. The van der Waals surface area contributed by atoms with Gasteiger partial charge in [-0.2, -0.15) is 0 Å². The number of amides is 2. The topological polar surface area (TPSA) is 55.8 Å². The van der Waals surface area contributed by atoms with E-state index in [4.69, 9.17) is 21.1 Å². The first-order valence-electron chi connectivity index (χ1n) is 11.1. The standard InChI is InChI=1S/C27H23BrClNO4S/c1-2-33-23-15-19(14-21(28)25(23)34-17-20-10-6-7-11-22(20)29)16-24-26(31)30(27(32)35-24)13-12-18-8-4-3-5-9-18/h3-11,14-16H,2,12-13,17H2,1H3/b24-16-. The molecule has 180 valence electrons. The Bertz CT molecular complexity index is 1270. The van der Waals surface area contributed by atoms with Crippen molar-refractivity contribution < 1.29 is 19.1 Å². The minimum Gasteiger partial charge on any atom is -0.490 e. The van der Waals surface area contributed by atoms with Gasteiger partial charge in [0.2, 0.25) is 0 Å². The van der Waals surface area contributed by atoms with Crippen molar-refractivity contribution in [1.29, 1.82) is 0 Å². The maximum atomic E-state index is 12.9. The van der Waals surface area contributed by atoms with Gasteiger partial charge in [0.15, 0.2) is 11.5 Å². The molecular formula is C27H23BrClNO4S. The Balaban J connectivity index is 1.52. The summed E-state index contributed by atoms with van der Waals surface area (Å²) in [6, 6.07) is 20.9. The van der Waals surface area contributed by atoms with Crippen LogP contribution in [0, 0.1) is 0 Å². The number of imide groups is 1. The Morgan fingerprint density at radius 3 is 2.51 bits per heavy atom. The highest BCUT2D eigenvalue weighted by atomic mass is 79.9. The number of thioether (sulfide) groups is 1. The smallest absolute Gasteiger partial charge is 0.293 e. The molecule has 0 aliphatic carbocycles. The van der Waals surface area contributed by atoms with Gasteiger partial charge in [-0.05, 0) is 76.4 Å². The first-order valence-corrected chi connectivity index (χ1v) is 13.1. The molecule has 4 rings (SSSR count). The number of hydrogen-bond acceptors (Lipinski definition) is 5. The van der Waals surface area contributed by atoms with Gasteiger partial charge >= 0.3 is 0 Å². The van der Waals surface area contributed by atoms with Gasteiger partial charge in [0.25, 0.3) is 11.1 Å². The maximum absolute atomic E-state index is 12.9. The van der Waals surface area contributed by atoms with Gasteiger partial charge in [-0.25, -0.2) is 0 Å². The monoisotopic (exact) mass is 571 g/mol. The molecule has 0 atom stereocenters. The molecule has 0 radical (unpaired) electrons. The fraction of sp³-hybridized carbons (Fsp3) is 0.185. The summed E-state index contributed by atoms with van der Waals surface area (Å²) >= 11 is 10.8. The molecular weight excluding hydrogens is 550 g/mol. The summed E-state index contributed by atoms with van der Waals surface area (Å²) < 4.78 is 12.5. The molecule has 3 aromatic carbocycles. The van der Waals surface area contributed by atoms with Crippen LogP contribution in [0.2, 0.25) is 5.02 Å². The Labute approximate surface area is 222 Å². The molecule has 1 heterocycles. The van der Waals surface area contributed by atoms with Gasteiger partial charge in [-0.15, -0.1) is 0 Å². The van der Waals surface area contributed by atoms with Crippen molar-refractivity contribution in [1.82, 2.24) is 4.90 Å². The van der Waals surface area contributed by atoms with Gasteiger partial charge in [0.1, 0.15) is 6.61 Å². The molecule has 1 aliphatic rings. The average molecular weight is 573 g/mol. The largest absolute Gasteiger partial charge is 0.490 e. The highest BCUT2D eigenvalue weighted by molar-refractivity contribution is 9.10. The van der Waals surface area contributed by atoms with E-state index in [1.807, 2.05) is 67.6 Å². The molecule has 3 aromatic rings. The summed E-state index contributed by atoms with van der Waals surface area (Å²) in [6.07, 6.45) is 2.32. The van der Waals surface area contributed by atoms with Crippen molar-refractivity contribution >= 4 is 56.5 Å². The highest BCUT2D eigenvalue weighted by Crippen LogP contribution is 2.40. The van der Waals surface area contributed by atoms with Gasteiger partial charge in [0.05, 0.1) is 16.0 Å². The molecule has 1 aliphatic heterocycles. The predicted molar refractivity (Wildman–Crippen MR) is 144 cm³/mol. The van der Waals surface area contributed by atoms with Crippen molar-refractivity contribution in [2.75, 3.05) is 13.2 Å². The molecule has 1 fully saturated rings. The molecule has 0 spiro atoms. The Morgan fingerprint density at radius 2 is 1.77 bits per heavy atom. The zero-order valence-corrected chi connectivity index (χ0v) is 22.2. The second-order valence-electron chi connectivity index (χ2n) is 7.71. The minimum absolute atomic E-state index is 0.263. The first kappa shape index (κ1) is 25.4. The summed E-state index contributed by atoms with van der Waals surface area (Å²) in [7, 11) is 0. The second-order valence-corrected chi connectivity index (χ2v) is 9.97. The lowest BCUT2D eigenvalue weighted by atomic mass is 10.1. The second kappa shape index (κ2) is 11.8. The molecule has 5 nitrogen and oxygen atoms in total. The summed E-state index contributed by atoms with van der Waals surface area (Å²) in [5.41, 5.74) is 2.66. The van der Waals surface area contributed by atoms with Crippen molar-refractivity contribution in [2.45, 2.75) is 20.0 Å². The fourth-order valence-corrected chi connectivity index (χ4v) is 5.20. The molecule has 0 N–H and O–H groups in total. The summed E-state index contributed by atoms with van der Waals surface area (Å²) in [4.78, 5) is 27.1. The van der Waals surface area contributed by atoms with E-state index in [-0.39, 0.29) is 17.8 Å². The SMILES string of the molecule is CCOc1cc(/C=C2\SC(=O)N(CCc3ccccc3)C2=O)cc(Br)c1OCc1ccccc1Cl. The Hall–Kier alpha value is -2.74. The molecule has 1 saturated heterocycles. The van der Waals surface area contributed by atoms with E-state index in [9.17, 15) is 9.59 Å². The third-order valence-corrected chi connectivity index (χ3v) is 7.16. The molecule has 0 saturated carbocycles. The van der Waals surface area contributed by atoms with Crippen molar-refractivity contribution in [2.24, 2.45) is 0 Å². The lowest BCUT2D eigenvalue weighted by Gasteiger charge is -2.15. The van der Waals surface area contributed by atoms with Crippen LogP contribution < -0.4 is 9.47 Å². The predicted octanol–water partition coefficient (Wildman–Crippen LogP) is 7.36. The molecule has 2 amide bonds. The summed E-state index contributed by atoms with van der Waals surface area (Å²) in [5.74, 6) is 0.785. The lowest BCUT2D eigenvalue weighted by molar-refractivity contribution is -0.122. The van der Waals surface area contributed by atoms with Crippen LogP contribution in [-0.2, 0) is 17.8 Å². The summed E-state index contributed by atoms with van der Waals surface area (Å²) in [5, 5.41) is 0.363. The number of nitrogens with zero attached hydrogens (tertiary/aromatic N) is 1. The maximum Gasteiger partial charge on any atom is 0.293 e. The fourth-order valence-electron chi connectivity index (χ4n) is 3.57. The van der Waals surface area contributed by atoms with E-state index in [2.05, 4.69) is 15.9 Å². The van der Waals surface area contributed by atoms with E-state index in [0.717, 1.165) is 28.5 Å². The molecule has 0 unspecified atom stereocenters. The molecule has 8 heteroatoms. The van der Waals surface area contributed by atoms with Crippen molar-refractivity contribution in [3.8, 4) is 11.5 Å². The Kier molecular flexibility index (Phi) is 8.55. The number of hydrogen-bond donors (Lipinski definition) is 0. The normalized spacial score (nSPS) is 14.6. The van der Waals surface area contributed by atoms with Crippen LogP contribution in [0.5, 0.6) is 11.5 Å². The van der Waals surface area contributed by atoms with Crippen molar-refractivity contribution in [3.05, 3.63) is 97.8 Å². The number of carbonyl (C=O) groups is 2. The number of benzene rings is 3. The van der Waals surface area contributed by atoms with Crippen LogP contribution in [0.25, 0.3) is 6.08 Å². The lowest BCUT2D eigenvalue weighted by Crippen LogP contribution is -2.30. The number of halogens is 2. The van der Waals surface area contributed by atoms with Gasteiger partial charge in [-0.1, -0.05) is 60.1 Å². The van der Waals surface area contributed by atoms with Crippen molar-refractivity contribution in [3.63, 3.8) is 0 Å². The molecule has 0 bridgehead atoms. The third kappa shape index (κ3) is 6.28. The van der Waals surface area contributed by atoms with Crippen LogP contribution >= 0.6 is 39.3 Å². The van der Waals surface area contributed by atoms with Gasteiger partial charge in [0, 0.05) is 17.1 Å². The number of rotatable bonds is 9. The minimum atomic E-state index is -0.288. The zero-order chi connectivity index (χ0) is 24.8. The van der Waals surface area contributed by atoms with E-state index < -0.39 is 0 Å². The quantitative estimate of drug-likeness (QED) is 0.251. The van der Waals surface area contributed by atoms with Crippen LogP contribution in [0.1, 0.15) is 23.6 Å². The Morgan fingerprint density at radius 1 is 1.03 bits per heavy atom. The van der Waals surface area contributed by atoms with E-state index in [1.54, 1.807) is 12.1 Å². The van der Waals surface area contributed by atoms with Crippen LogP contribution in [0.3, 0.4) is 0 Å². The first-order chi connectivity index (χ1) is 17.0. The average Bonchev–Trinajstić information content (AvgIpc) is 3.11. The summed E-state index contributed by atoms with van der Waals surface area (Å²) in [6.45, 7) is 2.94.